The summed E-state index contributed by atoms with van der Waals surface area (Å²) in [5, 5.41) is 5.04. The molecule has 27 heavy (non-hydrogen) atoms. The van der Waals surface area contributed by atoms with Gasteiger partial charge in [0.15, 0.2) is 5.65 Å². The molecule has 0 amide bonds. The molecular formula is C17H18F2N6O2. The number of anilines is 2. The number of aromatic nitrogens is 4. The molecule has 0 bridgehead atoms. The van der Waals surface area contributed by atoms with Gasteiger partial charge in [0.05, 0.1) is 18.2 Å². The summed E-state index contributed by atoms with van der Waals surface area (Å²) in [7, 11) is 1.80. The highest BCUT2D eigenvalue weighted by Crippen LogP contribution is 2.30. The lowest BCUT2D eigenvalue weighted by Gasteiger charge is -2.34. The summed E-state index contributed by atoms with van der Waals surface area (Å²) in [5.74, 6) is 0.997. The molecule has 142 valence electrons. The van der Waals surface area contributed by atoms with Gasteiger partial charge in [-0.2, -0.15) is 23.8 Å². The largest absolute Gasteiger partial charge is 0.435 e. The number of nitrogens with two attached hydrogens (primary N) is 1. The predicted molar refractivity (Wildman–Crippen MR) is 94.7 cm³/mol. The van der Waals surface area contributed by atoms with Crippen LogP contribution < -0.4 is 15.4 Å². The Labute approximate surface area is 153 Å². The summed E-state index contributed by atoms with van der Waals surface area (Å²) in [4.78, 5) is 10.7. The highest BCUT2D eigenvalue weighted by atomic mass is 19.3. The van der Waals surface area contributed by atoms with Crippen LogP contribution in [-0.4, -0.2) is 46.1 Å². The van der Waals surface area contributed by atoms with E-state index in [0.717, 1.165) is 10.9 Å². The molecule has 1 aliphatic heterocycles. The molecular weight excluding hydrogens is 358 g/mol. The third-order valence-electron chi connectivity index (χ3n) is 4.43. The molecule has 1 aromatic carbocycles. The van der Waals surface area contributed by atoms with E-state index in [1.807, 2.05) is 0 Å². The molecule has 8 nitrogen and oxygen atoms in total. The first-order valence-electron chi connectivity index (χ1n) is 8.38. The highest BCUT2D eigenvalue weighted by Gasteiger charge is 2.25. The molecule has 1 atom stereocenters. The van der Waals surface area contributed by atoms with E-state index in [2.05, 4.69) is 24.7 Å². The smallest absolute Gasteiger partial charge is 0.387 e. The maximum Gasteiger partial charge on any atom is 0.387 e. The summed E-state index contributed by atoms with van der Waals surface area (Å²) in [6.07, 6.45) is 1.48. The Hall–Kier alpha value is -3.01. The summed E-state index contributed by atoms with van der Waals surface area (Å²) < 4.78 is 36.5. The third kappa shape index (κ3) is 3.47. The van der Waals surface area contributed by atoms with E-state index < -0.39 is 6.61 Å². The Morgan fingerprint density at radius 1 is 1.26 bits per heavy atom. The molecule has 2 N–H and O–H groups in total. The zero-order chi connectivity index (χ0) is 19.0. The van der Waals surface area contributed by atoms with Gasteiger partial charge in [0.2, 0.25) is 5.95 Å². The topological polar surface area (TPSA) is 91.3 Å². The molecule has 4 rings (SSSR count). The average Bonchev–Trinajstić information content (AvgIpc) is 3.02. The number of hydrogen-bond acceptors (Lipinski definition) is 7. The molecule has 0 spiro atoms. The van der Waals surface area contributed by atoms with E-state index in [1.165, 1.54) is 12.1 Å². The van der Waals surface area contributed by atoms with Crippen LogP contribution in [0, 0.1) is 0 Å². The van der Waals surface area contributed by atoms with Gasteiger partial charge in [0.1, 0.15) is 17.7 Å². The minimum Gasteiger partial charge on any atom is -0.435 e. The maximum absolute atomic E-state index is 12.3. The predicted octanol–water partition coefficient (Wildman–Crippen LogP) is 2.12. The van der Waals surface area contributed by atoms with Crippen molar-refractivity contribution in [2.45, 2.75) is 12.7 Å². The minimum atomic E-state index is -2.85. The van der Waals surface area contributed by atoms with E-state index in [-0.39, 0.29) is 17.8 Å². The second kappa shape index (κ2) is 6.95. The Morgan fingerprint density at radius 3 is 2.78 bits per heavy atom. The fourth-order valence-electron chi connectivity index (χ4n) is 3.17. The number of aryl methyl sites for hydroxylation is 1. The lowest BCUT2D eigenvalue weighted by Crippen LogP contribution is -2.39. The molecule has 1 saturated heterocycles. The van der Waals surface area contributed by atoms with Gasteiger partial charge in [-0.25, -0.2) is 0 Å². The van der Waals surface area contributed by atoms with Crippen molar-refractivity contribution >= 4 is 22.8 Å². The van der Waals surface area contributed by atoms with E-state index in [4.69, 9.17) is 10.5 Å². The van der Waals surface area contributed by atoms with Gasteiger partial charge < -0.3 is 20.1 Å². The van der Waals surface area contributed by atoms with Gasteiger partial charge in [-0.05, 0) is 17.7 Å². The van der Waals surface area contributed by atoms with Crippen molar-refractivity contribution in [2.24, 2.45) is 7.05 Å². The van der Waals surface area contributed by atoms with E-state index in [9.17, 15) is 8.78 Å². The van der Waals surface area contributed by atoms with Crippen molar-refractivity contribution in [1.82, 2.24) is 19.7 Å². The van der Waals surface area contributed by atoms with Gasteiger partial charge in [-0.1, -0.05) is 12.1 Å². The fraction of sp³-hybridized carbons (Fsp3) is 0.353. The standard InChI is InChI=1S/C17H18F2N6O2/c1-24-14-12(8-21-24)15(23-17(20)22-14)25-6-7-26-13(9-25)10-2-4-11(5-3-10)27-16(18)19/h2-5,8,13,16H,6-7,9H2,1H3,(H2,20,22,23). The van der Waals surface area contributed by atoms with Crippen molar-refractivity contribution in [3.63, 3.8) is 0 Å². The van der Waals surface area contributed by atoms with E-state index >= 15 is 0 Å². The molecule has 3 aromatic rings. The molecule has 3 heterocycles. The number of morpholine rings is 1. The SMILES string of the molecule is Cn1ncc2c(N3CCOC(c4ccc(OC(F)F)cc4)C3)nc(N)nc21. The quantitative estimate of drug-likeness (QED) is 0.746. The fourth-order valence-corrected chi connectivity index (χ4v) is 3.17. The molecule has 1 unspecified atom stereocenters. The molecule has 1 aliphatic rings. The Kier molecular flexibility index (Phi) is 4.48. The van der Waals surface area contributed by atoms with Crippen LogP contribution in [0.2, 0.25) is 0 Å². The number of fused-ring (bicyclic) bond motifs is 1. The average molecular weight is 376 g/mol. The van der Waals surface area contributed by atoms with Crippen molar-refractivity contribution < 1.29 is 18.3 Å². The number of ether oxygens (including phenoxy) is 2. The number of nitrogens with zero attached hydrogens (tertiary/aromatic N) is 5. The van der Waals surface area contributed by atoms with Crippen LogP contribution in [0.15, 0.2) is 30.5 Å². The van der Waals surface area contributed by atoms with E-state index in [1.54, 1.807) is 30.1 Å². The first kappa shape index (κ1) is 17.4. The molecule has 1 fully saturated rings. The van der Waals surface area contributed by atoms with Crippen LogP contribution in [0.1, 0.15) is 11.7 Å². The molecule has 0 aliphatic carbocycles. The van der Waals surface area contributed by atoms with Crippen molar-refractivity contribution in [1.29, 1.82) is 0 Å². The molecule has 0 saturated carbocycles. The molecule has 0 radical (unpaired) electrons. The molecule has 10 heteroatoms. The number of benzene rings is 1. The van der Waals surface area contributed by atoms with Crippen molar-refractivity contribution in [2.75, 3.05) is 30.3 Å². The summed E-state index contributed by atoms with van der Waals surface area (Å²) >= 11 is 0. The third-order valence-corrected chi connectivity index (χ3v) is 4.43. The van der Waals surface area contributed by atoms with Crippen LogP contribution in [0.4, 0.5) is 20.5 Å². The second-order valence-electron chi connectivity index (χ2n) is 6.16. The number of rotatable bonds is 4. The number of alkyl halides is 2. The van der Waals surface area contributed by atoms with Gasteiger partial charge in [0, 0.05) is 20.1 Å². The minimum absolute atomic E-state index is 0.113. The zero-order valence-electron chi connectivity index (χ0n) is 14.5. The van der Waals surface area contributed by atoms with Crippen LogP contribution in [-0.2, 0) is 11.8 Å². The Balaban J connectivity index is 1.58. The van der Waals surface area contributed by atoms with Gasteiger partial charge in [-0.3, -0.25) is 4.68 Å². The number of nitrogen functional groups attached to an aromatic ring is 1. The van der Waals surface area contributed by atoms with Crippen LogP contribution in [0.3, 0.4) is 0 Å². The Morgan fingerprint density at radius 2 is 2.04 bits per heavy atom. The lowest BCUT2D eigenvalue weighted by atomic mass is 10.1. The lowest BCUT2D eigenvalue weighted by molar-refractivity contribution is -0.0498. The second-order valence-corrected chi connectivity index (χ2v) is 6.16. The van der Waals surface area contributed by atoms with Crippen molar-refractivity contribution in [3.05, 3.63) is 36.0 Å². The number of halogens is 2. The normalized spacial score (nSPS) is 17.6. The highest BCUT2D eigenvalue weighted by molar-refractivity contribution is 5.88. The summed E-state index contributed by atoms with van der Waals surface area (Å²) in [5.41, 5.74) is 7.39. The molecule has 2 aromatic heterocycles. The van der Waals surface area contributed by atoms with Crippen molar-refractivity contribution in [3.8, 4) is 5.75 Å². The summed E-state index contributed by atoms with van der Waals surface area (Å²) in [6, 6.07) is 6.46. The van der Waals surface area contributed by atoms with Crippen LogP contribution >= 0.6 is 0 Å². The maximum atomic E-state index is 12.3. The Bertz CT molecular complexity index is 946. The van der Waals surface area contributed by atoms with Crippen LogP contribution in [0.25, 0.3) is 11.0 Å². The first-order valence-corrected chi connectivity index (χ1v) is 8.38. The van der Waals surface area contributed by atoms with E-state index in [0.29, 0.717) is 31.2 Å². The van der Waals surface area contributed by atoms with Gasteiger partial charge in [-0.15, -0.1) is 0 Å². The monoisotopic (exact) mass is 376 g/mol. The zero-order valence-corrected chi connectivity index (χ0v) is 14.5. The van der Waals surface area contributed by atoms with Crippen LogP contribution in [0.5, 0.6) is 5.75 Å². The van der Waals surface area contributed by atoms with Gasteiger partial charge >= 0.3 is 6.61 Å². The first-order chi connectivity index (χ1) is 13.0. The van der Waals surface area contributed by atoms with Gasteiger partial charge in [0.25, 0.3) is 0 Å². The number of hydrogen-bond donors (Lipinski definition) is 1. The summed E-state index contributed by atoms with van der Waals surface area (Å²) in [6.45, 7) is -1.17.